The Morgan fingerprint density at radius 2 is 0.824 bits per heavy atom. The summed E-state index contributed by atoms with van der Waals surface area (Å²) in [6.45, 7) is 19.9. The lowest BCUT2D eigenvalue weighted by Crippen LogP contribution is -2.43. The first-order valence-electron chi connectivity index (χ1n) is 42.0. The Morgan fingerprint density at radius 3 is 1.32 bits per heavy atom. The molecule has 12 fully saturated rings. The average molecular weight is 1390 g/mol. The second-order valence-corrected chi connectivity index (χ2v) is 35.9. The molecule has 8 saturated carbocycles. The molecule has 0 spiro atoms. The molecule has 5 aromatic carbocycles. The Bertz CT molecular complexity index is 3420. The van der Waals surface area contributed by atoms with Crippen LogP contribution in [0.3, 0.4) is 0 Å². The van der Waals surface area contributed by atoms with Crippen molar-refractivity contribution in [2.24, 2.45) is 58.7 Å². The van der Waals surface area contributed by atoms with Crippen LogP contribution in [0.15, 0.2) is 121 Å². The van der Waals surface area contributed by atoms with Crippen molar-refractivity contribution in [3.8, 4) is 28.4 Å². The third kappa shape index (κ3) is 17.8. The van der Waals surface area contributed by atoms with E-state index in [4.69, 9.17) is 18.9 Å². The molecule has 17 rings (SSSR count). The highest BCUT2D eigenvalue weighted by molar-refractivity contribution is 6.00. The zero-order chi connectivity index (χ0) is 70.1. The van der Waals surface area contributed by atoms with Crippen LogP contribution < -0.4 is 14.2 Å². The number of rotatable bonds is 16. The van der Waals surface area contributed by atoms with Crippen molar-refractivity contribution in [2.45, 2.75) is 249 Å². The van der Waals surface area contributed by atoms with Crippen molar-refractivity contribution in [1.82, 2.24) is 19.6 Å². The van der Waals surface area contributed by atoms with Gasteiger partial charge in [0.25, 0.3) is 0 Å². The molecule has 5 aromatic rings. The lowest BCUT2D eigenvalue weighted by atomic mass is 9.82. The van der Waals surface area contributed by atoms with Crippen LogP contribution in [0.25, 0.3) is 11.1 Å². The van der Waals surface area contributed by atoms with E-state index in [9.17, 15) is 4.79 Å². The molecule has 102 heavy (non-hydrogen) atoms. The summed E-state index contributed by atoms with van der Waals surface area (Å²) in [5.74, 6) is 15.0. The fraction of sp³-hybridized carbons (Fsp3) is 0.667. The number of piperidine rings is 4. The number of fused-ring (bicyclic) bond motifs is 8. The van der Waals surface area contributed by atoms with E-state index in [0.717, 1.165) is 106 Å². The number of ketones is 1. The topological polar surface area (TPSA) is 67.0 Å². The first-order valence-corrected chi connectivity index (χ1v) is 42.0. The summed E-state index contributed by atoms with van der Waals surface area (Å²) in [4.78, 5) is 24.0. The van der Waals surface area contributed by atoms with E-state index in [1.807, 2.05) is 32.9 Å². The summed E-state index contributed by atoms with van der Waals surface area (Å²) in [7, 11) is 5.27. The number of carbonyl (C=O) groups excluding carboxylic acids is 1. The van der Waals surface area contributed by atoms with Crippen molar-refractivity contribution >= 4 is 5.78 Å². The van der Waals surface area contributed by atoms with Gasteiger partial charge in [0.1, 0.15) is 23.9 Å². The summed E-state index contributed by atoms with van der Waals surface area (Å²) in [6, 6.07) is 46.9. The fourth-order valence-electron chi connectivity index (χ4n) is 23.3. The molecule has 4 aliphatic heterocycles. The van der Waals surface area contributed by atoms with E-state index in [1.165, 1.54) is 254 Å². The molecule has 0 aromatic heterocycles. The highest BCUT2D eigenvalue weighted by Gasteiger charge is 2.46. The molecule has 12 aliphatic rings. The number of likely N-dealkylation sites (tertiary alicyclic amines) is 4. The lowest BCUT2D eigenvalue weighted by Gasteiger charge is -2.40. The molecule has 8 aliphatic carbocycles. The first kappa shape index (κ1) is 73.9. The van der Waals surface area contributed by atoms with Gasteiger partial charge in [-0.05, 0) is 334 Å². The summed E-state index contributed by atoms with van der Waals surface area (Å²) in [5.41, 5.74) is 8.93. The Labute approximate surface area is 617 Å². The number of carbonyl (C=O) groups is 1. The maximum atomic E-state index is 12.8. The maximum absolute atomic E-state index is 12.8. The number of nitrogens with zero attached hydrogens (tertiary/aromatic N) is 4. The van der Waals surface area contributed by atoms with Crippen molar-refractivity contribution in [3.63, 3.8) is 0 Å². The Morgan fingerprint density at radius 1 is 0.382 bits per heavy atom. The Balaban J connectivity index is 0.000000115. The Kier molecular flexibility index (Phi) is 25.1. The van der Waals surface area contributed by atoms with Gasteiger partial charge in [0.15, 0.2) is 5.78 Å². The molecule has 0 amide bonds. The molecule has 4 unspecified atom stereocenters. The molecule has 9 nitrogen and oxygen atoms in total. The predicted molar refractivity (Wildman–Crippen MR) is 420 cm³/mol. The molecule has 0 N–H and O–H groups in total. The Hall–Kier alpha value is -5.03. The zero-order valence-corrected chi connectivity index (χ0v) is 64.4. The van der Waals surface area contributed by atoms with Crippen LogP contribution in [0.5, 0.6) is 17.2 Å². The van der Waals surface area contributed by atoms with E-state index >= 15 is 0 Å². The van der Waals surface area contributed by atoms with Gasteiger partial charge in [-0.3, -0.25) is 4.79 Å². The number of hydrogen-bond acceptors (Lipinski definition) is 9. The van der Waals surface area contributed by atoms with Crippen LogP contribution in [-0.4, -0.2) is 136 Å². The SMILES string of the molecule is COCCOc1ccccc1C1CCN([C@H]2C[C@H]3CC[C@H]2C3)CC1.COc1ccc(C(=O)C(C)(C)C)cc1C1CCN([C@H]2C[C@H]3CC[C@H]2C3)CC1.COc1ccccc1C1CCN(C2CCC3CCC(C)CC(C3)C2)CC1.c1ccc(-c2ccccc2C2CCN([C@H]3C[C@H]4CC[C@H]3C4)CC2)cc1. The number of benzene rings is 5. The third-order valence-electron chi connectivity index (χ3n) is 28.7. The van der Waals surface area contributed by atoms with E-state index in [2.05, 4.69) is 136 Å². The van der Waals surface area contributed by atoms with Crippen molar-refractivity contribution in [3.05, 3.63) is 149 Å². The molecule has 8 bridgehead atoms. The molecule has 0 radical (unpaired) electrons. The van der Waals surface area contributed by atoms with Gasteiger partial charge in [-0.1, -0.05) is 151 Å². The molecule has 4 saturated heterocycles. The van der Waals surface area contributed by atoms with Gasteiger partial charge in [0.2, 0.25) is 0 Å². The van der Waals surface area contributed by atoms with Gasteiger partial charge >= 0.3 is 0 Å². The van der Waals surface area contributed by atoms with Gasteiger partial charge in [-0.15, -0.1) is 0 Å². The lowest BCUT2D eigenvalue weighted by molar-refractivity contribution is 0.0858. The number of ether oxygens (including phenoxy) is 4. The summed E-state index contributed by atoms with van der Waals surface area (Å²) < 4.78 is 22.3. The first-order chi connectivity index (χ1) is 49.8. The molecule has 13 atom stereocenters. The minimum Gasteiger partial charge on any atom is -0.496 e. The predicted octanol–water partition coefficient (Wildman–Crippen LogP) is 21.0. The highest BCUT2D eigenvalue weighted by Crippen LogP contribution is 2.52. The minimum atomic E-state index is -0.350. The van der Waals surface area contributed by atoms with Gasteiger partial charge in [0.05, 0.1) is 20.8 Å². The van der Waals surface area contributed by atoms with Crippen molar-refractivity contribution in [2.75, 3.05) is 86.9 Å². The second-order valence-electron chi connectivity index (χ2n) is 35.9. The molecular formula is C93H132N4O5. The summed E-state index contributed by atoms with van der Waals surface area (Å²) >= 11 is 0. The maximum Gasteiger partial charge on any atom is 0.168 e. The second kappa shape index (κ2) is 34.7. The fourth-order valence-corrected chi connectivity index (χ4v) is 23.3. The normalized spacial score (nSPS) is 31.0. The molecular weight excluding hydrogens is 1250 g/mol. The summed E-state index contributed by atoms with van der Waals surface area (Å²) in [6.07, 6.45) is 38.5. The van der Waals surface area contributed by atoms with Crippen LogP contribution >= 0.6 is 0 Å². The van der Waals surface area contributed by atoms with E-state index in [-0.39, 0.29) is 11.2 Å². The molecule has 554 valence electrons. The van der Waals surface area contributed by atoms with Crippen LogP contribution in [0.1, 0.15) is 257 Å². The quantitative estimate of drug-likeness (QED) is 0.0710. The van der Waals surface area contributed by atoms with Crippen molar-refractivity contribution in [1.29, 1.82) is 0 Å². The van der Waals surface area contributed by atoms with Gasteiger partial charge < -0.3 is 38.5 Å². The smallest absolute Gasteiger partial charge is 0.168 e. The monoisotopic (exact) mass is 1390 g/mol. The average Bonchev–Trinajstić information content (AvgIpc) is 1.27. The van der Waals surface area contributed by atoms with Crippen LogP contribution in [0, 0.1) is 58.7 Å². The molecule has 4 heterocycles. The van der Waals surface area contributed by atoms with Gasteiger partial charge in [-0.2, -0.15) is 0 Å². The number of methoxy groups -OCH3 is 3. The standard InChI is InChI=1S/C24H35NO2.C24H37NO.C24H29N.C21H31NO2/c1-24(2,3)23(26)19-7-8-22(27-4)20(15-19)17-9-11-25(12-10-17)21-14-16-5-6-18(21)13-16;1-18-7-8-19-9-10-22(17-20(15-18)16-19)25-13-11-21(12-14-25)23-5-3-4-6-24(23)26-2;1-2-6-19(7-3-1)22-8-4-5-9-23(22)20-12-14-25(15-13-20)24-17-18-10-11-21(24)16-18;1-23-12-13-24-21-5-3-2-4-19(21)17-8-10-22(11-9-17)20-15-16-6-7-18(20)14-16/h7-8,15-18,21H,5-6,9-14H2,1-4H3;3-6,18-22H,7-17H2,1-2H3;1-9,18,20-21,24H,10-17H2;2-5,16-18,20H,6-15H2,1H3/t16-,18-,21-;;18-,21-,24-;16-,18-,20-/m0.00/s1. The molecule has 9 heteroatoms. The van der Waals surface area contributed by atoms with Gasteiger partial charge in [-0.25, -0.2) is 0 Å². The third-order valence-corrected chi connectivity index (χ3v) is 28.7. The zero-order valence-electron chi connectivity index (χ0n) is 64.4. The van der Waals surface area contributed by atoms with E-state index in [0.29, 0.717) is 31.0 Å². The number of Topliss-reactive ketones (excluding diaryl/α,β-unsaturated/α-hetero) is 1. The largest absolute Gasteiger partial charge is 0.496 e. The van der Waals surface area contributed by atoms with Crippen LogP contribution in [0.2, 0.25) is 0 Å². The number of hydrogen-bond donors (Lipinski definition) is 0. The van der Waals surface area contributed by atoms with Crippen molar-refractivity contribution < 1.29 is 23.7 Å². The van der Waals surface area contributed by atoms with E-state index < -0.39 is 0 Å². The summed E-state index contributed by atoms with van der Waals surface area (Å²) in [5, 5.41) is 0. The number of para-hydroxylation sites is 2. The highest BCUT2D eigenvalue weighted by atomic mass is 16.5. The minimum absolute atomic E-state index is 0.214. The van der Waals surface area contributed by atoms with Gasteiger partial charge in [0, 0.05) is 42.3 Å². The van der Waals surface area contributed by atoms with Crippen LogP contribution in [-0.2, 0) is 4.74 Å². The van der Waals surface area contributed by atoms with Crippen LogP contribution in [0.4, 0.5) is 0 Å². The van der Waals surface area contributed by atoms with E-state index in [1.54, 1.807) is 26.9 Å².